The average Bonchev–Trinajstić information content (AvgIpc) is 3.51. The molecule has 1 saturated heterocycles. The lowest BCUT2D eigenvalue weighted by Gasteiger charge is -2.26. The molecule has 0 bridgehead atoms. The van der Waals surface area contributed by atoms with Crippen LogP contribution in [0, 0.1) is 5.92 Å². The van der Waals surface area contributed by atoms with Crippen LogP contribution in [0.1, 0.15) is 23.8 Å². The number of nitrogens with zero attached hydrogens (tertiary/aromatic N) is 1. The number of hydrogen-bond acceptors (Lipinski definition) is 5. The molecule has 146 valence electrons. The number of carbonyl (C=O) groups is 2. The summed E-state index contributed by atoms with van der Waals surface area (Å²) in [4.78, 5) is 26.3. The Morgan fingerprint density at radius 3 is 2.50 bits per heavy atom. The molecule has 28 heavy (non-hydrogen) atoms. The van der Waals surface area contributed by atoms with Crippen LogP contribution in [-0.2, 0) is 9.59 Å². The second kappa shape index (κ2) is 7.75. The third-order valence-corrected chi connectivity index (χ3v) is 6.14. The van der Waals surface area contributed by atoms with E-state index >= 15 is 0 Å². The fourth-order valence-electron chi connectivity index (χ4n) is 3.24. The van der Waals surface area contributed by atoms with Crippen molar-refractivity contribution in [2.45, 2.75) is 18.2 Å². The standard InChI is InChI=1S/C21H22N2O4S/c1-26-16-9-10-17(18(11-16)27-2)23-19(24)12-28-21(23)14-5-7-15(8-6-14)22-20(25)13-3-4-13/h5-11,13,21H,3-4,12H2,1-2H3,(H,22,25)/t21-/m1/s1. The minimum Gasteiger partial charge on any atom is -0.497 e. The first-order valence-electron chi connectivity index (χ1n) is 9.17. The Morgan fingerprint density at radius 2 is 1.86 bits per heavy atom. The maximum Gasteiger partial charge on any atom is 0.238 e. The van der Waals surface area contributed by atoms with Gasteiger partial charge in [0.15, 0.2) is 0 Å². The molecule has 6 nitrogen and oxygen atoms in total. The van der Waals surface area contributed by atoms with E-state index in [1.807, 2.05) is 36.4 Å². The third-order valence-electron chi connectivity index (χ3n) is 4.93. The van der Waals surface area contributed by atoms with Gasteiger partial charge in [0.1, 0.15) is 16.9 Å². The summed E-state index contributed by atoms with van der Waals surface area (Å²) in [5.41, 5.74) is 2.50. The lowest BCUT2D eigenvalue weighted by Crippen LogP contribution is -2.28. The number of thioether (sulfide) groups is 1. The van der Waals surface area contributed by atoms with Crippen molar-refractivity contribution in [3.63, 3.8) is 0 Å². The number of methoxy groups -OCH3 is 2. The number of nitrogens with one attached hydrogen (secondary N) is 1. The molecule has 1 saturated carbocycles. The predicted molar refractivity (Wildman–Crippen MR) is 110 cm³/mol. The van der Waals surface area contributed by atoms with E-state index in [0.717, 1.165) is 29.8 Å². The molecule has 0 aromatic heterocycles. The lowest BCUT2D eigenvalue weighted by atomic mass is 10.1. The van der Waals surface area contributed by atoms with Crippen LogP contribution in [0.3, 0.4) is 0 Å². The minimum atomic E-state index is -0.150. The largest absolute Gasteiger partial charge is 0.497 e. The van der Waals surface area contributed by atoms with Crippen LogP contribution in [0.15, 0.2) is 42.5 Å². The summed E-state index contributed by atoms with van der Waals surface area (Å²) in [5.74, 6) is 1.95. The van der Waals surface area contributed by atoms with Crippen LogP contribution in [0.5, 0.6) is 11.5 Å². The molecule has 4 rings (SSSR count). The normalized spacial score (nSPS) is 18.9. The highest BCUT2D eigenvalue weighted by Crippen LogP contribution is 2.45. The first kappa shape index (κ1) is 18.7. The number of hydrogen-bond donors (Lipinski definition) is 1. The van der Waals surface area contributed by atoms with Crippen LogP contribution in [0.2, 0.25) is 0 Å². The highest BCUT2D eigenvalue weighted by Gasteiger charge is 2.36. The molecule has 2 amide bonds. The maximum atomic E-state index is 12.6. The summed E-state index contributed by atoms with van der Waals surface area (Å²) in [6.07, 6.45) is 1.95. The molecule has 0 radical (unpaired) electrons. The van der Waals surface area contributed by atoms with Crippen LogP contribution < -0.4 is 19.7 Å². The Labute approximate surface area is 168 Å². The van der Waals surface area contributed by atoms with Crippen molar-refractivity contribution < 1.29 is 19.1 Å². The quantitative estimate of drug-likeness (QED) is 0.801. The lowest BCUT2D eigenvalue weighted by molar-refractivity contribution is -0.117. The zero-order chi connectivity index (χ0) is 19.7. The van der Waals surface area contributed by atoms with Gasteiger partial charge < -0.3 is 14.8 Å². The molecular formula is C21H22N2O4S. The number of benzene rings is 2. The first-order chi connectivity index (χ1) is 13.6. The smallest absolute Gasteiger partial charge is 0.238 e. The molecule has 2 aliphatic rings. The van der Waals surface area contributed by atoms with Gasteiger partial charge in [0, 0.05) is 17.7 Å². The van der Waals surface area contributed by atoms with Crippen molar-refractivity contribution >= 4 is 35.0 Å². The highest BCUT2D eigenvalue weighted by atomic mass is 32.2. The maximum absolute atomic E-state index is 12.6. The van der Waals surface area contributed by atoms with Gasteiger partial charge in [-0.2, -0.15) is 0 Å². The zero-order valence-electron chi connectivity index (χ0n) is 15.8. The summed E-state index contributed by atoms with van der Waals surface area (Å²) in [6.45, 7) is 0. The monoisotopic (exact) mass is 398 g/mol. The summed E-state index contributed by atoms with van der Waals surface area (Å²) in [7, 11) is 3.18. The van der Waals surface area contributed by atoms with E-state index in [2.05, 4.69) is 5.32 Å². The number of ether oxygens (including phenoxy) is 2. The Morgan fingerprint density at radius 1 is 1.11 bits per heavy atom. The van der Waals surface area contributed by atoms with Crippen molar-refractivity contribution in [3.8, 4) is 11.5 Å². The molecule has 1 heterocycles. The predicted octanol–water partition coefficient (Wildman–Crippen LogP) is 3.83. The Balaban J connectivity index is 1.58. The second-order valence-corrected chi connectivity index (χ2v) is 7.92. The van der Waals surface area contributed by atoms with Gasteiger partial charge in [-0.3, -0.25) is 14.5 Å². The molecular weight excluding hydrogens is 376 g/mol. The van der Waals surface area contributed by atoms with Gasteiger partial charge in [-0.1, -0.05) is 12.1 Å². The number of rotatable bonds is 6. The number of anilines is 2. The number of carbonyl (C=O) groups excluding carboxylic acids is 2. The third kappa shape index (κ3) is 3.67. The van der Waals surface area contributed by atoms with Gasteiger partial charge in [0.2, 0.25) is 11.8 Å². The van der Waals surface area contributed by atoms with Crippen molar-refractivity contribution in [3.05, 3.63) is 48.0 Å². The van der Waals surface area contributed by atoms with Crippen LogP contribution in [0.4, 0.5) is 11.4 Å². The number of amides is 2. The Bertz CT molecular complexity index is 896. The van der Waals surface area contributed by atoms with Gasteiger partial charge in [-0.05, 0) is 42.7 Å². The van der Waals surface area contributed by atoms with E-state index in [-0.39, 0.29) is 23.1 Å². The van der Waals surface area contributed by atoms with Gasteiger partial charge >= 0.3 is 0 Å². The Hall–Kier alpha value is -2.67. The van der Waals surface area contributed by atoms with Gasteiger partial charge in [-0.15, -0.1) is 11.8 Å². The van der Waals surface area contributed by atoms with E-state index in [1.54, 1.807) is 36.9 Å². The van der Waals surface area contributed by atoms with Gasteiger partial charge in [0.05, 0.1) is 25.7 Å². The fourth-order valence-corrected chi connectivity index (χ4v) is 4.41. The summed E-state index contributed by atoms with van der Waals surface area (Å²) in [5, 5.41) is 2.79. The molecule has 0 unspecified atom stereocenters. The van der Waals surface area contributed by atoms with Crippen molar-refractivity contribution in [1.29, 1.82) is 0 Å². The molecule has 1 atom stereocenters. The summed E-state index contributed by atoms with van der Waals surface area (Å²) < 4.78 is 10.7. The van der Waals surface area contributed by atoms with Crippen LogP contribution in [0.25, 0.3) is 0 Å². The van der Waals surface area contributed by atoms with E-state index < -0.39 is 0 Å². The van der Waals surface area contributed by atoms with E-state index in [4.69, 9.17) is 9.47 Å². The second-order valence-electron chi connectivity index (χ2n) is 6.85. The van der Waals surface area contributed by atoms with Crippen LogP contribution in [-0.4, -0.2) is 31.8 Å². The van der Waals surface area contributed by atoms with Crippen LogP contribution >= 0.6 is 11.8 Å². The van der Waals surface area contributed by atoms with E-state index in [1.165, 1.54) is 0 Å². The topological polar surface area (TPSA) is 67.9 Å². The summed E-state index contributed by atoms with van der Waals surface area (Å²) >= 11 is 1.57. The molecule has 0 spiro atoms. The molecule has 7 heteroatoms. The van der Waals surface area contributed by atoms with Gasteiger partial charge in [-0.25, -0.2) is 0 Å². The van der Waals surface area contributed by atoms with Gasteiger partial charge in [0.25, 0.3) is 0 Å². The van der Waals surface area contributed by atoms with E-state index in [0.29, 0.717) is 17.3 Å². The van der Waals surface area contributed by atoms with Crippen molar-refractivity contribution in [1.82, 2.24) is 0 Å². The highest BCUT2D eigenvalue weighted by molar-refractivity contribution is 8.00. The summed E-state index contributed by atoms with van der Waals surface area (Å²) in [6, 6.07) is 13.1. The molecule has 1 aliphatic carbocycles. The molecule has 1 aliphatic heterocycles. The zero-order valence-corrected chi connectivity index (χ0v) is 16.6. The SMILES string of the molecule is COc1ccc(N2C(=O)CS[C@@H]2c2ccc(NC(=O)C3CC3)cc2)c(OC)c1. The first-order valence-corrected chi connectivity index (χ1v) is 10.2. The minimum absolute atomic E-state index is 0.0320. The molecule has 2 fully saturated rings. The molecule has 2 aromatic rings. The van der Waals surface area contributed by atoms with Crippen molar-refractivity contribution in [2.75, 3.05) is 30.2 Å². The fraction of sp³-hybridized carbons (Fsp3) is 0.333. The Kier molecular flexibility index (Phi) is 5.17. The van der Waals surface area contributed by atoms with E-state index in [9.17, 15) is 9.59 Å². The van der Waals surface area contributed by atoms with Crippen molar-refractivity contribution in [2.24, 2.45) is 5.92 Å². The average molecular weight is 398 g/mol. The molecule has 2 aromatic carbocycles. The molecule has 1 N–H and O–H groups in total.